The molecule has 0 amide bonds. The summed E-state index contributed by atoms with van der Waals surface area (Å²) >= 11 is 0. The number of rotatable bonds is 6. The summed E-state index contributed by atoms with van der Waals surface area (Å²) in [6.45, 7) is 9.10. The Hall–Kier alpha value is -0.0151. The number of hydrogen-bond donors (Lipinski definition) is 0. The molecule has 0 heterocycles. The van der Waals surface area contributed by atoms with Crippen LogP contribution in [-0.4, -0.2) is 13.5 Å². The van der Waals surface area contributed by atoms with Crippen molar-refractivity contribution in [3.8, 4) is 0 Å². The molecule has 0 aromatic heterocycles. The molecular formula is C14H23BS2. The predicted octanol–water partition coefficient (Wildman–Crippen LogP) is 5.08. The summed E-state index contributed by atoms with van der Waals surface area (Å²) in [5.74, 6) is 1.38. The van der Waals surface area contributed by atoms with Crippen LogP contribution < -0.4 is 0 Å². The average Bonchev–Trinajstić information content (AvgIpc) is 2.28. The topological polar surface area (TPSA) is 0 Å². The lowest BCUT2D eigenvalue weighted by Crippen LogP contribution is -2.07. The second-order valence-electron chi connectivity index (χ2n) is 5.20. The van der Waals surface area contributed by atoms with Crippen LogP contribution in [0.2, 0.25) is 5.82 Å². The van der Waals surface area contributed by atoms with E-state index in [-0.39, 0.29) is 0 Å². The Morgan fingerprint density at radius 1 is 0.941 bits per heavy atom. The first kappa shape index (κ1) is 15.0. The highest BCUT2D eigenvalue weighted by Gasteiger charge is 2.15. The third-order valence-corrected chi connectivity index (χ3v) is 5.04. The van der Waals surface area contributed by atoms with Crippen LogP contribution in [0, 0.1) is 0 Å². The van der Waals surface area contributed by atoms with Crippen molar-refractivity contribution in [2.24, 2.45) is 0 Å². The van der Waals surface area contributed by atoms with Gasteiger partial charge >= 0.3 is 0 Å². The fraction of sp³-hybridized carbons (Fsp3) is 0.571. The predicted molar refractivity (Wildman–Crippen MR) is 86.6 cm³/mol. The smallest absolute Gasteiger partial charge is 0.0977 e. The van der Waals surface area contributed by atoms with Crippen molar-refractivity contribution in [1.29, 1.82) is 0 Å². The molecule has 0 fully saturated rings. The van der Waals surface area contributed by atoms with Gasteiger partial charge < -0.3 is 0 Å². The van der Waals surface area contributed by atoms with Crippen molar-refractivity contribution >= 4 is 28.9 Å². The lowest BCUT2D eigenvalue weighted by Gasteiger charge is -2.17. The molecule has 0 radical (unpaired) electrons. The zero-order valence-electron chi connectivity index (χ0n) is 11.6. The van der Waals surface area contributed by atoms with Crippen LogP contribution in [-0.2, 0) is 0 Å². The van der Waals surface area contributed by atoms with Gasteiger partial charge in [-0.25, -0.2) is 0 Å². The maximum atomic E-state index is 2.31. The van der Waals surface area contributed by atoms with Gasteiger partial charge in [0, 0.05) is 5.15 Å². The Labute approximate surface area is 115 Å². The van der Waals surface area contributed by atoms with Gasteiger partial charge in [0.2, 0.25) is 0 Å². The molecule has 0 saturated carbocycles. The van der Waals surface area contributed by atoms with Gasteiger partial charge in [0.15, 0.2) is 0 Å². The van der Waals surface area contributed by atoms with Crippen molar-refractivity contribution in [3.05, 3.63) is 35.4 Å². The van der Waals surface area contributed by atoms with Crippen LogP contribution in [0.4, 0.5) is 0 Å². The molecule has 0 bridgehead atoms. The SMILES string of the molecule is CSSC(BC(C)C)c1ccc(C(C)C)cc1. The molecule has 17 heavy (non-hydrogen) atoms. The third-order valence-electron chi connectivity index (χ3n) is 2.87. The molecule has 1 aromatic carbocycles. The largest absolute Gasteiger partial charge is 0.146 e. The summed E-state index contributed by atoms with van der Waals surface area (Å²) in [4.78, 5) is 0. The maximum absolute atomic E-state index is 2.31. The monoisotopic (exact) mass is 266 g/mol. The summed E-state index contributed by atoms with van der Waals surface area (Å²) in [5.41, 5.74) is 2.91. The summed E-state index contributed by atoms with van der Waals surface area (Å²) in [5, 5.41) is 0.631. The van der Waals surface area contributed by atoms with Crippen LogP contribution in [0.1, 0.15) is 49.9 Å². The first-order valence-electron chi connectivity index (χ1n) is 6.34. The highest BCUT2D eigenvalue weighted by molar-refractivity contribution is 8.76. The minimum atomic E-state index is 0.626. The Morgan fingerprint density at radius 2 is 1.47 bits per heavy atom. The zero-order valence-corrected chi connectivity index (χ0v) is 13.2. The van der Waals surface area contributed by atoms with E-state index in [4.69, 9.17) is 0 Å². The number of hydrogen-bond acceptors (Lipinski definition) is 2. The second-order valence-corrected chi connectivity index (χ2v) is 7.87. The first-order chi connectivity index (χ1) is 8.04. The van der Waals surface area contributed by atoms with Gasteiger partial charge in [-0.3, -0.25) is 0 Å². The first-order valence-corrected chi connectivity index (χ1v) is 8.96. The Kier molecular flexibility index (Phi) is 6.57. The minimum Gasteiger partial charge on any atom is -0.0977 e. The van der Waals surface area contributed by atoms with Crippen molar-refractivity contribution in [3.63, 3.8) is 0 Å². The molecule has 3 heteroatoms. The van der Waals surface area contributed by atoms with E-state index in [1.54, 1.807) is 0 Å². The van der Waals surface area contributed by atoms with E-state index >= 15 is 0 Å². The molecule has 0 spiro atoms. The van der Waals surface area contributed by atoms with Crippen LogP contribution >= 0.6 is 21.6 Å². The van der Waals surface area contributed by atoms with E-state index in [1.807, 2.05) is 21.6 Å². The van der Waals surface area contributed by atoms with Crippen molar-refractivity contribution in [2.75, 3.05) is 6.26 Å². The van der Waals surface area contributed by atoms with E-state index in [9.17, 15) is 0 Å². The van der Waals surface area contributed by atoms with Crippen molar-refractivity contribution in [1.82, 2.24) is 0 Å². The van der Waals surface area contributed by atoms with Crippen LogP contribution in [0.5, 0.6) is 0 Å². The fourth-order valence-electron chi connectivity index (χ4n) is 1.87. The second kappa shape index (κ2) is 7.43. The van der Waals surface area contributed by atoms with Crippen LogP contribution in [0.15, 0.2) is 24.3 Å². The van der Waals surface area contributed by atoms with Gasteiger partial charge in [0.05, 0.1) is 0 Å². The van der Waals surface area contributed by atoms with Gasteiger partial charge in [-0.15, -0.1) is 0 Å². The highest BCUT2D eigenvalue weighted by Crippen LogP contribution is 2.37. The van der Waals surface area contributed by atoms with E-state index in [0.29, 0.717) is 11.1 Å². The van der Waals surface area contributed by atoms with Gasteiger partial charge in [-0.2, -0.15) is 0 Å². The molecule has 1 unspecified atom stereocenters. The standard InChI is InChI=1S/C14H23BS2/c1-10(2)12-6-8-13(9-7-12)14(17-16-5)15-11(3)4/h6-11,14-15H,1-5H3. The van der Waals surface area contributed by atoms with Gasteiger partial charge in [0.25, 0.3) is 0 Å². The molecular weight excluding hydrogens is 243 g/mol. The molecule has 0 aliphatic rings. The quantitative estimate of drug-likeness (QED) is 0.520. The van der Waals surface area contributed by atoms with E-state index in [2.05, 4.69) is 58.2 Å². The van der Waals surface area contributed by atoms with Crippen LogP contribution in [0.25, 0.3) is 0 Å². The summed E-state index contributed by atoms with van der Waals surface area (Å²) in [6, 6.07) is 9.19. The molecule has 94 valence electrons. The highest BCUT2D eigenvalue weighted by atomic mass is 33.1. The van der Waals surface area contributed by atoms with Crippen molar-refractivity contribution in [2.45, 2.75) is 44.6 Å². The van der Waals surface area contributed by atoms with Crippen molar-refractivity contribution < 1.29 is 0 Å². The van der Waals surface area contributed by atoms with E-state index < -0.39 is 0 Å². The van der Waals surface area contributed by atoms with E-state index in [1.165, 1.54) is 18.4 Å². The lowest BCUT2D eigenvalue weighted by atomic mass is 9.61. The molecule has 1 atom stereocenters. The van der Waals surface area contributed by atoms with Gasteiger partial charge in [-0.05, 0) is 23.3 Å². The summed E-state index contributed by atoms with van der Waals surface area (Å²) < 4.78 is 0. The lowest BCUT2D eigenvalue weighted by molar-refractivity contribution is 0.865. The van der Waals surface area contributed by atoms with Crippen LogP contribution in [0.3, 0.4) is 0 Å². The average molecular weight is 266 g/mol. The fourth-order valence-corrected chi connectivity index (χ4v) is 4.10. The molecule has 0 saturated heterocycles. The maximum Gasteiger partial charge on any atom is 0.146 e. The molecule has 1 aromatic rings. The third kappa shape index (κ3) is 5.01. The summed E-state index contributed by atoms with van der Waals surface area (Å²) in [7, 11) is 5.12. The molecule has 1 rings (SSSR count). The normalized spacial score (nSPS) is 13.1. The zero-order chi connectivity index (χ0) is 12.8. The van der Waals surface area contributed by atoms with Gasteiger partial charge in [-0.1, -0.05) is 79.4 Å². The Morgan fingerprint density at radius 3 is 1.88 bits per heavy atom. The number of benzene rings is 1. The minimum absolute atomic E-state index is 0.626. The molecule has 0 aliphatic heterocycles. The Bertz CT molecular complexity index is 319. The molecule has 0 aliphatic carbocycles. The summed E-state index contributed by atoms with van der Waals surface area (Å²) in [6.07, 6.45) is 2.17. The van der Waals surface area contributed by atoms with E-state index in [0.717, 1.165) is 5.82 Å². The molecule has 0 nitrogen and oxygen atoms in total. The Balaban J connectivity index is 2.79. The van der Waals surface area contributed by atoms with Gasteiger partial charge in [0.1, 0.15) is 7.28 Å². The molecule has 0 N–H and O–H groups in total.